The van der Waals surface area contributed by atoms with Crippen molar-refractivity contribution in [2.45, 2.75) is 0 Å². The fourth-order valence-electron chi connectivity index (χ4n) is 0.360. The van der Waals surface area contributed by atoms with E-state index < -0.39 is 0 Å². The van der Waals surface area contributed by atoms with Gasteiger partial charge in [0.15, 0.2) is 10.2 Å². The van der Waals surface area contributed by atoms with E-state index in [0.29, 0.717) is 20.2 Å². The van der Waals surface area contributed by atoms with Crippen molar-refractivity contribution < 1.29 is 4.79 Å². The Kier molecular flexibility index (Phi) is 2.21. The summed E-state index contributed by atoms with van der Waals surface area (Å²) in [7, 11) is 0. The molecule has 2 nitrogen and oxygen atoms in total. The smallest absolute Gasteiger partial charge is 0.170 e. The number of aromatic nitrogens is 1. The van der Waals surface area contributed by atoms with Crippen LogP contribution in [0.4, 0.5) is 0 Å². The predicted octanol–water partition coefficient (Wildman–Crippen LogP) is 2.37. The molecule has 0 aliphatic carbocycles. The van der Waals surface area contributed by atoms with Crippen LogP contribution in [0.2, 0.25) is 4.34 Å². The molecule has 0 fully saturated rings. The molecule has 0 radical (unpaired) electrons. The molecule has 1 aromatic heterocycles. The second kappa shape index (κ2) is 2.77. The number of carbonyl (C=O) groups is 1. The maximum absolute atomic E-state index is 10.1. The Labute approximate surface area is 69.0 Å². The van der Waals surface area contributed by atoms with Crippen LogP contribution in [0.1, 0.15) is 10.5 Å². The molecule has 0 amide bonds. The number of hydrogen-bond donors (Lipinski definition) is 0. The highest BCUT2D eigenvalue weighted by Crippen LogP contribution is 2.26. The summed E-state index contributed by atoms with van der Waals surface area (Å²) in [5.41, 5.74) is 0.300. The van der Waals surface area contributed by atoms with Crippen LogP contribution in [0.25, 0.3) is 0 Å². The summed E-state index contributed by atoms with van der Waals surface area (Å²) in [5, 5.41) is 0. The van der Waals surface area contributed by atoms with Crippen molar-refractivity contribution in [3.63, 3.8) is 0 Å². The van der Waals surface area contributed by atoms with Gasteiger partial charge in [-0.2, -0.15) is 0 Å². The van der Waals surface area contributed by atoms with Crippen molar-refractivity contribution in [3.8, 4) is 0 Å². The zero-order valence-corrected chi connectivity index (χ0v) is 7.26. The fraction of sp³-hybridized carbons (Fsp3) is 0. The zero-order valence-electron chi connectivity index (χ0n) is 4.10. The van der Waals surface area contributed by atoms with Gasteiger partial charge in [-0.05, 0) is 15.9 Å². The Bertz CT molecular complexity index is 236. The van der Waals surface area contributed by atoms with E-state index in [0.717, 1.165) is 0 Å². The topological polar surface area (TPSA) is 30.0 Å². The first-order chi connectivity index (χ1) is 4.24. The molecule has 0 aliphatic heterocycles. The molecule has 1 heterocycles. The van der Waals surface area contributed by atoms with Crippen LogP contribution in [-0.4, -0.2) is 11.3 Å². The Hall–Kier alpha value is 0.0700. The summed E-state index contributed by atoms with van der Waals surface area (Å²) in [6, 6.07) is 0. The minimum Gasteiger partial charge on any atom is -0.296 e. The molecule has 1 rings (SSSR count). The van der Waals surface area contributed by atoms with Gasteiger partial charge in [0.25, 0.3) is 0 Å². The first-order valence-corrected chi connectivity index (χ1v) is 4.00. The van der Waals surface area contributed by atoms with Crippen LogP contribution in [0.3, 0.4) is 0 Å². The van der Waals surface area contributed by atoms with E-state index in [4.69, 9.17) is 11.6 Å². The third kappa shape index (κ3) is 1.50. The third-order valence-corrected chi connectivity index (χ3v) is 2.43. The molecule has 0 spiro atoms. The third-order valence-electron chi connectivity index (χ3n) is 0.695. The molecule has 9 heavy (non-hydrogen) atoms. The van der Waals surface area contributed by atoms with E-state index in [-0.39, 0.29) is 0 Å². The SMILES string of the molecule is O=Cc1nc(Br)sc1Cl. The first kappa shape index (κ1) is 7.18. The molecule has 5 heteroatoms. The molecule has 0 unspecified atom stereocenters. The average molecular weight is 226 g/mol. The predicted molar refractivity (Wildman–Crippen MR) is 40.2 cm³/mol. The molecular formula is C4HBrClNOS. The highest BCUT2D eigenvalue weighted by molar-refractivity contribution is 9.11. The number of nitrogens with zero attached hydrogens (tertiary/aromatic N) is 1. The Morgan fingerprint density at radius 1 is 1.78 bits per heavy atom. The van der Waals surface area contributed by atoms with Crippen molar-refractivity contribution in [2.24, 2.45) is 0 Å². The molecule has 0 saturated heterocycles. The van der Waals surface area contributed by atoms with Gasteiger partial charge >= 0.3 is 0 Å². The minimum atomic E-state index is 0.300. The summed E-state index contributed by atoms with van der Waals surface area (Å²) < 4.78 is 1.06. The van der Waals surface area contributed by atoms with E-state index in [1.165, 1.54) is 11.3 Å². The minimum absolute atomic E-state index is 0.300. The van der Waals surface area contributed by atoms with Gasteiger partial charge < -0.3 is 0 Å². The summed E-state index contributed by atoms with van der Waals surface area (Å²) in [4.78, 5) is 13.8. The van der Waals surface area contributed by atoms with Gasteiger partial charge in [-0.1, -0.05) is 22.9 Å². The first-order valence-electron chi connectivity index (χ1n) is 2.01. The molecule has 1 aromatic rings. The van der Waals surface area contributed by atoms with Gasteiger partial charge in [-0.25, -0.2) is 4.98 Å². The highest BCUT2D eigenvalue weighted by atomic mass is 79.9. The molecule has 0 aliphatic rings. The normalized spacial score (nSPS) is 9.56. The van der Waals surface area contributed by atoms with Crippen LogP contribution in [0, 0.1) is 0 Å². The van der Waals surface area contributed by atoms with E-state index in [1.807, 2.05) is 0 Å². The van der Waals surface area contributed by atoms with Gasteiger partial charge in [0.2, 0.25) is 0 Å². The second-order valence-electron chi connectivity index (χ2n) is 1.24. The summed E-state index contributed by atoms with van der Waals surface area (Å²) >= 11 is 9.86. The fourth-order valence-corrected chi connectivity index (χ4v) is 2.11. The maximum Gasteiger partial charge on any atom is 0.170 e. The van der Waals surface area contributed by atoms with Gasteiger partial charge in [-0.15, -0.1) is 0 Å². The number of aldehydes is 1. The molecule has 0 bridgehead atoms. The lowest BCUT2D eigenvalue weighted by molar-refractivity contribution is 0.111. The zero-order chi connectivity index (χ0) is 6.85. The van der Waals surface area contributed by atoms with E-state index in [1.54, 1.807) is 0 Å². The lowest BCUT2D eigenvalue weighted by atomic mass is 10.6. The van der Waals surface area contributed by atoms with Crippen molar-refractivity contribution in [1.29, 1.82) is 0 Å². The van der Waals surface area contributed by atoms with Crippen LogP contribution < -0.4 is 0 Å². The maximum atomic E-state index is 10.1. The van der Waals surface area contributed by atoms with Crippen LogP contribution in [0.15, 0.2) is 3.92 Å². The van der Waals surface area contributed by atoms with Gasteiger partial charge in [0.1, 0.15) is 10.0 Å². The van der Waals surface area contributed by atoms with Gasteiger partial charge in [0, 0.05) is 0 Å². The van der Waals surface area contributed by atoms with Crippen molar-refractivity contribution in [2.75, 3.05) is 0 Å². The molecule has 0 N–H and O–H groups in total. The average Bonchev–Trinajstić information content (AvgIpc) is 2.10. The van der Waals surface area contributed by atoms with E-state index in [9.17, 15) is 4.79 Å². The van der Waals surface area contributed by atoms with Crippen LogP contribution in [0.5, 0.6) is 0 Å². The van der Waals surface area contributed by atoms with E-state index >= 15 is 0 Å². The highest BCUT2D eigenvalue weighted by Gasteiger charge is 2.04. The number of carbonyl (C=O) groups excluding carboxylic acids is 1. The Morgan fingerprint density at radius 3 is 2.67 bits per heavy atom. The number of rotatable bonds is 1. The van der Waals surface area contributed by atoms with Gasteiger partial charge in [-0.3, -0.25) is 4.79 Å². The van der Waals surface area contributed by atoms with E-state index in [2.05, 4.69) is 20.9 Å². The number of thiazole rings is 1. The standard InChI is InChI=1S/C4HBrClNOS/c5-4-7-2(1-8)3(6)9-4/h1H. The molecular weight excluding hydrogens is 225 g/mol. The lowest BCUT2D eigenvalue weighted by Crippen LogP contribution is -1.76. The monoisotopic (exact) mass is 225 g/mol. The Balaban J connectivity index is 3.15. The number of halogens is 2. The summed E-state index contributed by atoms with van der Waals surface area (Å²) in [6.45, 7) is 0. The molecule has 0 saturated carbocycles. The van der Waals surface area contributed by atoms with Gasteiger partial charge in [0.05, 0.1) is 0 Å². The quantitative estimate of drug-likeness (QED) is 0.688. The van der Waals surface area contributed by atoms with Crippen molar-refractivity contribution >= 4 is 45.2 Å². The second-order valence-corrected chi connectivity index (χ2v) is 4.12. The van der Waals surface area contributed by atoms with Crippen LogP contribution in [-0.2, 0) is 0 Å². The summed E-state index contributed by atoms with van der Waals surface area (Å²) in [6.07, 6.45) is 0.629. The molecule has 48 valence electrons. The van der Waals surface area contributed by atoms with Crippen molar-refractivity contribution in [1.82, 2.24) is 4.98 Å². The Morgan fingerprint density at radius 2 is 2.44 bits per heavy atom. The molecule has 0 aromatic carbocycles. The summed E-state index contributed by atoms with van der Waals surface area (Å²) in [5.74, 6) is 0. The van der Waals surface area contributed by atoms with Crippen molar-refractivity contribution in [3.05, 3.63) is 13.9 Å². The van der Waals surface area contributed by atoms with Crippen LogP contribution >= 0.6 is 38.9 Å². The lowest BCUT2D eigenvalue weighted by Gasteiger charge is -1.74. The largest absolute Gasteiger partial charge is 0.296 e. The molecule has 0 atom stereocenters. The number of hydrogen-bond acceptors (Lipinski definition) is 3.